The first-order valence-corrected chi connectivity index (χ1v) is 7.72. The number of hydrogen-bond acceptors (Lipinski definition) is 3. The molecule has 0 saturated heterocycles. The molecule has 0 bridgehead atoms. The van der Waals surface area contributed by atoms with E-state index in [0.717, 1.165) is 11.3 Å². The molecular weight excluding hydrogens is 216 g/mol. The van der Waals surface area contributed by atoms with Gasteiger partial charge in [-0.2, -0.15) is 11.8 Å². The zero-order chi connectivity index (χ0) is 11.8. The van der Waals surface area contributed by atoms with Gasteiger partial charge in [-0.3, -0.25) is 0 Å². The minimum Gasteiger partial charge on any atom is -0.316 e. The molecule has 0 aromatic rings. The van der Waals surface area contributed by atoms with E-state index in [1.165, 1.54) is 50.8 Å². The molecule has 0 amide bonds. The summed E-state index contributed by atoms with van der Waals surface area (Å²) in [4.78, 5) is 2.28. The van der Waals surface area contributed by atoms with Crippen LogP contribution in [0.25, 0.3) is 0 Å². The quantitative estimate of drug-likeness (QED) is 0.800. The Hall–Kier alpha value is 0.270. The Bertz CT molecular complexity index is 173. The van der Waals surface area contributed by atoms with Gasteiger partial charge in [-0.25, -0.2) is 0 Å². The summed E-state index contributed by atoms with van der Waals surface area (Å²) >= 11 is 2.18. The fourth-order valence-electron chi connectivity index (χ4n) is 2.37. The summed E-state index contributed by atoms with van der Waals surface area (Å²) in [6, 6.07) is 0.743. The number of nitrogens with zero attached hydrogens (tertiary/aromatic N) is 1. The average molecular weight is 244 g/mol. The maximum absolute atomic E-state index is 3.53. The van der Waals surface area contributed by atoms with E-state index in [9.17, 15) is 0 Å². The largest absolute Gasteiger partial charge is 0.316 e. The van der Waals surface area contributed by atoms with Crippen LogP contribution in [0.3, 0.4) is 0 Å². The van der Waals surface area contributed by atoms with Crippen LogP contribution in [-0.4, -0.2) is 49.6 Å². The van der Waals surface area contributed by atoms with Crippen molar-refractivity contribution in [3.63, 3.8) is 0 Å². The summed E-state index contributed by atoms with van der Waals surface area (Å²) in [6.07, 6.45) is 8.50. The van der Waals surface area contributed by atoms with Gasteiger partial charge in [0.2, 0.25) is 0 Å². The van der Waals surface area contributed by atoms with Crippen molar-refractivity contribution in [2.75, 3.05) is 33.4 Å². The Morgan fingerprint density at radius 3 is 2.44 bits per heavy atom. The van der Waals surface area contributed by atoms with Crippen LogP contribution in [-0.2, 0) is 0 Å². The molecule has 1 rings (SSSR count). The number of nitrogens with one attached hydrogen (secondary N) is 1. The Morgan fingerprint density at radius 2 is 1.81 bits per heavy atom. The first kappa shape index (κ1) is 14.3. The third-order valence-electron chi connectivity index (χ3n) is 3.44. The second-order valence-corrected chi connectivity index (χ2v) is 6.45. The minimum absolute atomic E-state index is 0.743. The predicted octanol–water partition coefficient (Wildman–Crippen LogP) is 2.59. The Kier molecular flexibility index (Phi) is 7.50. The Balaban J connectivity index is 2.31. The molecule has 0 spiro atoms. The van der Waals surface area contributed by atoms with Gasteiger partial charge in [0.1, 0.15) is 0 Å². The molecule has 0 radical (unpaired) electrons. The monoisotopic (exact) mass is 244 g/mol. The van der Waals surface area contributed by atoms with Crippen molar-refractivity contribution in [3.8, 4) is 0 Å². The molecule has 0 aliphatic heterocycles. The summed E-state index contributed by atoms with van der Waals surface area (Å²) in [7, 11) is 6.45. The van der Waals surface area contributed by atoms with Crippen LogP contribution in [0.15, 0.2) is 0 Å². The van der Waals surface area contributed by atoms with Crippen LogP contribution in [0.1, 0.15) is 38.5 Å². The van der Waals surface area contributed by atoms with E-state index in [1.54, 1.807) is 0 Å². The van der Waals surface area contributed by atoms with Crippen LogP contribution in [0, 0.1) is 0 Å². The van der Waals surface area contributed by atoms with Crippen LogP contribution >= 0.6 is 11.8 Å². The zero-order valence-electron chi connectivity index (χ0n) is 11.2. The highest BCUT2D eigenvalue weighted by atomic mass is 32.2. The highest BCUT2D eigenvalue weighted by molar-refractivity contribution is 8.00. The van der Waals surface area contributed by atoms with Gasteiger partial charge in [-0.1, -0.05) is 25.7 Å². The van der Waals surface area contributed by atoms with Gasteiger partial charge in [-0.05, 0) is 34.0 Å². The van der Waals surface area contributed by atoms with E-state index >= 15 is 0 Å². The van der Waals surface area contributed by atoms with E-state index < -0.39 is 0 Å². The highest BCUT2D eigenvalue weighted by Crippen LogP contribution is 2.27. The van der Waals surface area contributed by atoms with Crippen molar-refractivity contribution in [1.29, 1.82) is 0 Å². The van der Waals surface area contributed by atoms with Crippen molar-refractivity contribution in [2.45, 2.75) is 49.8 Å². The van der Waals surface area contributed by atoms with E-state index in [1.807, 2.05) is 0 Å². The molecule has 1 aliphatic rings. The third-order valence-corrected chi connectivity index (χ3v) is 4.85. The maximum atomic E-state index is 3.53. The molecule has 2 atom stereocenters. The van der Waals surface area contributed by atoms with E-state index in [-0.39, 0.29) is 0 Å². The van der Waals surface area contributed by atoms with Crippen molar-refractivity contribution in [2.24, 2.45) is 0 Å². The second kappa shape index (κ2) is 8.37. The lowest BCUT2D eigenvalue weighted by Gasteiger charge is -2.29. The van der Waals surface area contributed by atoms with E-state index in [2.05, 4.69) is 43.1 Å². The lowest BCUT2D eigenvalue weighted by Crippen LogP contribution is -2.37. The molecule has 96 valence electrons. The molecule has 0 heterocycles. The average Bonchev–Trinajstić information content (AvgIpc) is 2.21. The van der Waals surface area contributed by atoms with Gasteiger partial charge in [0, 0.05) is 23.6 Å². The molecule has 1 fully saturated rings. The SMILES string of the molecule is CNC1CCCCCCC1SCCN(C)C. The molecule has 0 aromatic heterocycles. The van der Waals surface area contributed by atoms with Gasteiger partial charge < -0.3 is 10.2 Å². The van der Waals surface area contributed by atoms with Gasteiger partial charge in [0.05, 0.1) is 0 Å². The van der Waals surface area contributed by atoms with Crippen LogP contribution in [0.2, 0.25) is 0 Å². The summed E-state index contributed by atoms with van der Waals surface area (Å²) in [5.74, 6) is 1.27. The predicted molar refractivity (Wildman–Crippen MR) is 75.3 cm³/mol. The van der Waals surface area contributed by atoms with Crippen molar-refractivity contribution < 1.29 is 0 Å². The molecule has 1 aliphatic carbocycles. The first-order chi connectivity index (χ1) is 7.74. The number of hydrogen-bond donors (Lipinski definition) is 1. The van der Waals surface area contributed by atoms with Crippen molar-refractivity contribution in [3.05, 3.63) is 0 Å². The Labute approximate surface area is 106 Å². The van der Waals surface area contributed by atoms with Gasteiger partial charge in [-0.15, -0.1) is 0 Å². The minimum atomic E-state index is 0.743. The van der Waals surface area contributed by atoms with Crippen LogP contribution in [0.4, 0.5) is 0 Å². The lowest BCUT2D eigenvalue weighted by atomic mass is 9.96. The lowest BCUT2D eigenvalue weighted by molar-refractivity contribution is 0.416. The van der Waals surface area contributed by atoms with Crippen LogP contribution < -0.4 is 5.32 Å². The zero-order valence-corrected chi connectivity index (χ0v) is 12.0. The smallest absolute Gasteiger partial charge is 0.0201 e. The second-order valence-electron chi connectivity index (χ2n) is 5.10. The first-order valence-electron chi connectivity index (χ1n) is 6.67. The molecule has 3 heteroatoms. The molecular formula is C13H28N2S. The fourth-order valence-corrected chi connectivity index (χ4v) is 3.98. The molecule has 1 saturated carbocycles. The molecule has 2 nitrogen and oxygen atoms in total. The summed E-state index contributed by atoms with van der Waals surface area (Å²) < 4.78 is 0. The van der Waals surface area contributed by atoms with E-state index in [4.69, 9.17) is 0 Å². The number of rotatable bonds is 5. The highest BCUT2D eigenvalue weighted by Gasteiger charge is 2.21. The summed E-state index contributed by atoms with van der Waals surface area (Å²) in [5, 5.41) is 4.36. The maximum Gasteiger partial charge on any atom is 0.0201 e. The standard InChI is InChI=1S/C13H28N2S/c1-14-12-8-6-4-5-7-9-13(12)16-11-10-15(2)3/h12-14H,4-11H2,1-3H3. The molecule has 2 unspecified atom stereocenters. The van der Waals surface area contributed by atoms with Crippen molar-refractivity contribution >= 4 is 11.8 Å². The molecule has 16 heavy (non-hydrogen) atoms. The van der Waals surface area contributed by atoms with Crippen LogP contribution in [0.5, 0.6) is 0 Å². The van der Waals surface area contributed by atoms with Gasteiger partial charge in [0.25, 0.3) is 0 Å². The van der Waals surface area contributed by atoms with Crippen molar-refractivity contribution in [1.82, 2.24) is 10.2 Å². The summed E-state index contributed by atoms with van der Waals surface area (Å²) in [6.45, 7) is 1.21. The Morgan fingerprint density at radius 1 is 1.12 bits per heavy atom. The van der Waals surface area contributed by atoms with Gasteiger partial charge in [0.15, 0.2) is 0 Å². The molecule has 0 aromatic carbocycles. The third kappa shape index (κ3) is 5.55. The normalized spacial score (nSPS) is 27.8. The fraction of sp³-hybridized carbons (Fsp3) is 1.00. The number of thioether (sulfide) groups is 1. The topological polar surface area (TPSA) is 15.3 Å². The van der Waals surface area contributed by atoms with E-state index in [0.29, 0.717) is 0 Å². The van der Waals surface area contributed by atoms with Gasteiger partial charge >= 0.3 is 0 Å². The molecule has 1 N–H and O–H groups in total. The summed E-state index contributed by atoms with van der Waals surface area (Å²) in [5.41, 5.74) is 0.